The van der Waals surface area contributed by atoms with E-state index in [2.05, 4.69) is 33.8 Å². The van der Waals surface area contributed by atoms with Crippen LogP contribution in [0.3, 0.4) is 0 Å². The molecule has 6 heteroatoms. The molecule has 0 radical (unpaired) electrons. The first kappa shape index (κ1) is 22.7. The molecular weight excluding hydrogens is 462 g/mol. The molecule has 1 aliphatic heterocycles. The molecule has 3 aromatic carbocycles. The monoisotopic (exact) mass is 487 g/mol. The van der Waals surface area contributed by atoms with E-state index in [9.17, 15) is 9.59 Å². The van der Waals surface area contributed by atoms with Gasteiger partial charge in [0.05, 0.1) is 12.2 Å². The molecule has 182 valence electrons. The van der Waals surface area contributed by atoms with Gasteiger partial charge < -0.3 is 13.9 Å². The van der Waals surface area contributed by atoms with Crippen LogP contribution >= 0.6 is 0 Å². The largest absolute Gasteiger partial charge is 0.483 e. The summed E-state index contributed by atoms with van der Waals surface area (Å²) in [7, 11) is 0. The molecule has 0 saturated carbocycles. The molecule has 6 nitrogen and oxygen atoms in total. The molecule has 0 amide bonds. The number of aromatic nitrogens is 3. The normalized spacial score (nSPS) is 14.1. The minimum atomic E-state index is -0.221. The Hall–Kier alpha value is -4.71. The lowest BCUT2D eigenvalue weighted by Gasteiger charge is -2.36. The highest BCUT2D eigenvalue weighted by molar-refractivity contribution is 5.75. The number of carbonyl (C=O) groups is 1. The molecule has 2 aromatic heterocycles. The van der Waals surface area contributed by atoms with Crippen molar-refractivity contribution in [1.29, 1.82) is 0 Å². The Morgan fingerprint density at radius 2 is 1.51 bits per heavy atom. The highest BCUT2D eigenvalue weighted by Crippen LogP contribution is 2.43. The van der Waals surface area contributed by atoms with E-state index in [0.29, 0.717) is 23.8 Å². The number of imidazole rings is 1. The van der Waals surface area contributed by atoms with Gasteiger partial charge in [0.1, 0.15) is 18.0 Å². The molecular formula is C31H25N3O3. The number of carbonyl (C=O) groups excluding carboxylic acids is 1. The molecule has 0 aliphatic carbocycles. The molecule has 0 unspecified atom stereocenters. The maximum atomic E-state index is 13.2. The van der Waals surface area contributed by atoms with Crippen LogP contribution in [0.5, 0.6) is 5.75 Å². The number of pyridine rings is 1. The van der Waals surface area contributed by atoms with E-state index in [-0.39, 0.29) is 29.7 Å². The van der Waals surface area contributed by atoms with Crippen molar-refractivity contribution in [3.8, 4) is 17.3 Å². The van der Waals surface area contributed by atoms with E-state index in [4.69, 9.17) is 4.74 Å². The van der Waals surface area contributed by atoms with Crippen molar-refractivity contribution in [2.75, 3.05) is 0 Å². The summed E-state index contributed by atoms with van der Waals surface area (Å²) >= 11 is 0. The number of fused-ring (bicyclic) bond motifs is 3. The second-order valence-corrected chi connectivity index (χ2v) is 9.14. The van der Waals surface area contributed by atoms with E-state index in [1.807, 2.05) is 77.5 Å². The van der Waals surface area contributed by atoms with Gasteiger partial charge in [-0.15, -0.1) is 0 Å². The van der Waals surface area contributed by atoms with Crippen LogP contribution in [0.4, 0.5) is 0 Å². The van der Waals surface area contributed by atoms with Crippen molar-refractivity contribution < 1.29 is 9.53 Å². The molecule has 1 aliphatic rings. The summed E-state index contributed by atoms with van der Waals surface area (Å²) in [5, 5.41) is 0. The van der Waals surface area contributed by atoms with E-state index in [1.165, 1.54) is 0 Å². The Labute approximate surface area is 214 Å². The van der Waals surface area contributed by atoms with Crippen LogP contribution in [0.2, 0.25) is 0 Å². The van der Waals surface area contributed by atoms with Crippen LogP contribution in [-0.2, 0) is 13.2 Å². The lowest BCUT2D eigenvalue weighted by atomic mass is 9.83. The maximum Gasteiger partial charge on any atom is 0.224 e. The topological polar surface area (TPSA) is 66.1 Å². The summed E-state index contributed by atoms with van der Waals surface area (Å²) in [5.74, 6) is 0.750. The number of hydrogen-bond donors (Lipinski definition) is 0. The molecule has 5 aromatic rings. The van der Waals surface area contributed by atoms with Crippen LogP contribution in [0.25, 0.3) is 11.5 Å². The Bertz CT molecular complexity index is 1550. The third kappa shape index (κ3) is 4.16. The minimum Gasteiger partial charge on any atom is -0.483 e. The molecule has 0 N–H and O–H groups in total. The number of ether oxygens (including phenoxy) is 1. The first-order valence-electron chi connectivity index (χ1n) is 12.3. The van der Waals surface area contributed by atoms with E-state index < -0.39 is 0 Å². The Morgan fingerprint density at radius 3 is 2.14 bits per heavy atom. The minimum absolute atomic E-state index is 0.0410. The van der Waals surface area contributed by atoms with Crippen molar-refractivity contribution in [2.45, 2.75) is 25.1 Å². The summed E-state index contributed by atoms with van der Waals surface area (Å²) in [4.78, 5) is 29.7. The third-order valence-electron chi connectivity index (χ3n) is 6.96. The average molecular weight is 488 g/mol. The fourth-order valence-electron chi connectivity index (χ4n) is 5.26. The van der Waals surface area contributed by atoms with Crippen molar-refractivity contribution in [3.05, 3.63) is 142 Å². The zero-order valence-electron chi connectivity index (χ0n) is 20.1. The summed E-state index contributed by atoms with van der Waals surface area (Å²) in [6.07, 6.45) is 4.21. The standard InChI is InChI=1S/C31H25N3O3/c35-20-25-18-32-31-29-30(37-21-22-10-4-1-5-11-22)27(36)16-17-33(29)26(19-34(25)31)28(23-12-6-2-7-13-23)24-14-8-3-9-15-24/h1-18,20,26,28H,19,21H2/t26-/m1/s1. The molecule has 0 saturated heterocycles. The van der Waals surface area contributed by atoms with Crippen molar-refractivity contribution >= 4 is 6.29 Å². The number of rotatable bonds is 7. The number of benzene rings is 3. The van der Waals surface area contributed by atoms with Crippen LogP contribution in [0.1, 0.15) is 39.1 Å². The average Bonchev–Trinajstić information content (AvgIpc) is 3.37. The van der Waals surface area contributed by atoms with Crippen LogP contribution in [-0.4, -0.2) is 20.4 Å². The van der Waals surface area contributed by atoms with Gasteiger partial charge in [-0.2, -0.15) is 0 Å². The Kier molecular flexibility index (Phi) is 5.98. The zero-order valence-corrected chi connectivity index (χ0v) is 20.1. The summed E-state index contributed by atoms with van der Waals surface area (Å²) in [6.45, 7) is 0.770. The highest BCUT2D eigenvalue weighted by Gasteiger charge is 2.36. The lowest BCUT2D eigenvalue weighted by molar-refractivity contribution is 0.111. The van der Waals surface area contributed by atoms with Gasteiger partial charge in [0.2, 0.25) is 5.43 Å². The van der Waals surface area contributed by atoms with E-state index in [1.54, 1.807) is 12.3 Å². The second kappa shape index (κ2) is 9.74. The molecule has 0 fully saturated rings. The van der Waals surface area contributed by atoms with Crippen LogP contribution in [0, 0.1) is 0 Å². The van der Waals surface area contributed by atoms with Crippen LogP contribution in [0.15, 0.2) is 114 Å². The van der Waals surface area contributed by atoms with Crippen molar-refractivity contribution in [3.63, 3.8) is 0 Å². The van der Waals surface area contributed by atoms with E-state index in [0.717, 1.165) is 23.0 Å². The predicted molar refractivity (Wildman–Crippen MR) is 142 cm³/mol. The van der Waals surface area contributed by atoms with Crippen LogP contribution < -0.4 is 10.2 Å². The molecule has 6 rings (SSSR count). The summed E-state index contributed by atoms with van der Waals surface area (Å²) in [6, 6.07) is 31.8. The van der Waals surface area contributed by atoms with Gasteiger partial charge >= 0.3 is 0 Å². The molecule has 1 atom stereocenters. The van der Waals surface area contributed by atoms with Gasteiger partial charge in [-0.25, -0.2) is 4.98 Å². The summed E-state index contributed by atoms with van der Waals surface area (Å²) in [5.41, 5.74) is 4.08. The summed E-state index contributed by atoms with van der Waals surface area (Å²) < 4.78 is 10.2. The third-order valence-corrected chi connectivity index (χ3v) is 6.96. The lowest BCUT2D eigenvalue weighted by Crippen LogP contribution is -2.32. The smallest absolute Gasteiger partial charge is 0.224 e. The number of hydrogen-bond acceptors (Lipinski definition) is 4. The Balaban J connectivity index is 1.55. The fourth-order valence-corrected chi connectivity index (χ4v) is 5.26. The second-order valence-electron chi connectivity index (χ2n) is 9.14. The van der Waals surface area contributed by atoms with Gasteiger partial charge in [0.25, 0.3) is 0 Å². The molecule has 0 spiro atoms. The van der Waals surface area contributed by atoms with E-state index >= 15 is 0 Å². The van der Waals surface area contributed by atoms with Gasteiger partial charge in [-0.1, -0.05) is 91.0 Å². The highest BCUT2D eigenvalue weighted by atomic mass is 16.5. The fraction of sp³-hybridized carbons (Fsp3) is 0.129. The van der Waals surface area contributed by atoms with Gasteiger partial charge in [-0.3, -0.25) is 9.59 Å². The number of aldehydes is 1. The van der Waals surface area contributed by atoms with Gasteiger partial charge in [0.15, 0.2) is 17.9 Å². The van der Waals surface area contributed by atoms with Crippen molar-refractivity contribution in [2.24, 2.45) is 0 Å². The Morgan fingerprint density at radius 1 is 0.892 bits per heavy atom. The van der Waals surface area contributed by atoms with Gasteiger partial charge in [0, 0.05) is 24.7 Å². The number of nitrogens with zero attached hydrogens (tertiary/aromatic N) is 3. The quantitative estimate of drug-likeness (QED) is 0.285. The first-order chi connectivity index (χ1) is 18.2. The van der Waals surface area contributed by atoms with Gasteiger partial charge in [-0.05, 0) is 16.7 Å². The first-order valence-corrected chi connectivity index (χ1v) is 12.3. The predicted octanol–water partition coefficient (Wildman–Crippen LogP) is 5.49. The SMILES string of the molecule is O=Cc1cnc2n1C[C@H](C(c1ccccc1)c1ccccc1)n1ccc(=O)c(OCc3ccccc3)c1-2. The van der Waals surface area contributed by atoms with Crippen molar-refractivity contribution in [1.82, 2.24) is 14.1 Å². The molecule has 0 bridgehead atoms. The zero-order chi connectivity index (χ0) is 25.2. The molecule has 3 heterocycles. The molecule has 37 heavy (non-hydrogen) atoms. The maximum absolute atomic E-state index is 13.2.